The van der Waals surface area contributed by atoms with Crippen LogP contribution in [0.1, 0.15) is 13.3 Å². The van der Waals surface area contributed by atoms with Crippen molar-refractivity contribution in [3.05, 3.63) is 29.0 Å². The Kier molecular flexibility index (Phi) is 5.28. The Morgan fingerprint density at radius 1 is 1.47 bits per heavy atom. The summed E-state index contributed by atoms with van der Waals surface area (Å²) in [6, 6.07) is 3.66. The van der Waals surface area contributed by atoms with Gasteiger partial charge in [0.2, 0.25) is 10.0 Å². The van der Waals surface area contributed by atoms with Gasteiger partial charge in [0.1, 0.15) is 4.90 Å². The molecule has 0 aliphatic rings. The second-order valence-corrected chi connectivity index (χ2v) is 6.01. The summed E-state index contributed by atoms with van der Waals surface area (Å²) in [6.45, 7) is 1.36. The van der Waals surface area contributed by atoms with Gasteiger partial charge in [0, 0.05) is 13.1 Å². The molecule has 1 N–H and O–H groups in total. The van der Waals surface area contributed by atoms with Gasteiger partial charge >= 0.3 is 5.97 Å². The predicted octanol–water partition coefficient (Wildman–Crippen LogP) is 1.96. The first kappa shape index (κ1) is 15.9. The Labute approximate surface area is 115 Å². The van der Waals surface area contributed by atoms with Crippen LogP contribution in [-0.4, -0.2) is 36.9 Å². The number of carboxylic acids is 1. The molecule has 0 heterocycles. The molecule has 0 fully saturated rings. The molecule has 0 aliphatic heterocycles. The first-order valence-corrected chi connectivity index (χ1v) is 7.28. The first-order chi connectivity index (χ1) is 8.80. The van der Waals surface area contributed by atoms with Crippen molar-refractivity contribution >= 4 is 27.6 Å². The van der Waals surface area contributed by atoms with E-state index < -0.39 is 26.7 Å². The lowest BCUT2D eigenvalue weighted by Crippen LogP contribution is -2.33. The van der Waals surface area contributed by atoms with Crippen LogP contribution >= 0.6 is 11.6 Å². The topological polar surface area (TPSA) is 74.7 Å². The fraction of sp³-hybridized carbons (Fsp3) is 0.364. The molecule has 0 unspecified atom stereocenters. The molecule has 0 bridgehead atoms. The van der Waals surface area contributed by atoms with Crippen LogP contribution in [0, 0.1) is 5.82 Å². The summed E-state index contributed by atoms with van der Waals surface area (Å²) in [4.78, 5) is 9.94. The van der Waals surface area contributed by atoms with Crippen molar-refractivity contribution in [2.75, 3.05) is 13.1 Å². The van der Waals surface area contributed by atoms with Crippen molar-refractivity contribution in [1.82, 2.24) is 4.31 Å². The van der Waals surface area contributed by atoms with Gasteiger partial charge in [-0.05, 0) is 12.1 Å². The zero-order chi connectivity index (χ0) is 14.6. The molecule has 1 rings (SSSR count). The zero-order valence-electron chi connectivity index (χ0n) is 10.1. The van der Waals surface area contributed by atoms with Gasteiger partial charge in [-0.3, -0.25) is 4.79 Å². The number of aliphatic carboxylic acids is 1. The highest BCUT2D eigenvalue weighted by molar-refractivity contribution is 7.89. The molecule has 1 aromatic rings. The molecular weight excluding hydrogens is 297 g/mol. The van der Waals surface area contributed by atoms with E-state index in [4.69, 9.17) is 16.7 Å². The van der Waals surface area contributed by atoms with Gasteiger partial charge in [0.15, 0.2) is 5.82 Å². The largest absolute Gasteiger partial charge is 0.481 e. The van der Waals surface area contributed by atoms with Crippen molar-refractivity contribution in [3.63, 3.8) is 0 Å². The molecule has 19 heavy (non-hydrogen) atoms. The molecule has 0 aliphatic carbocycles. The van der Waals surface area contributed by atoms with E-state index in [2.05, 4.69) is 0 Å². The minimum Gasteiger partial charge on any atom is -0.481 e. The highest BCUT2D eigenvalue weighted by Crippen LogP contribution is 2.24. The summed E-state index contributed by atoms with van der Waals surface area (Å²) in [5.74, 6) is -2.15. The van der Waals surface area contributed by atoms with E-state index in [1.165, 1.54) is 12.1 Å². The van der Waals surface area contributed by atoms with E-state index in [0.29, 0.717) is 0 Å². The monoisotopic (exact) mass is 309 g/mol. The Hall–Kier alpha value is -1.18. The molecule has 8 heteroatoms. The van der Waals surface area contributed by atoms with Crippen LogP contribution in [-0.2, 0) is 14.8 Å². The number of sulfonamides is 1. The molecule has 106 valence electrons. The lowest BCUT2D eigenvalue weighted by molar-refractivity contribution is -0.137. The zero-order valence-corrected chi connectivity index (χ0v) is 11.7. The van der Waals surface area contributed by atoms with Crippen molar-refractivity contribution in [3.8, 4) is 0 Å². The number of rotatable bonds is 6. The number of nitrogens with zero attached hydrogens (tertiary/aromatic N) is 1. The van der Waals surface area contributed by atoms with Crippen molar-refractivity contribution in [1.29, 1.82) is 0 Å². The number of hydrogen-bond donors (Lipinski definition) is 1. The maximum Gasteiger partial charge on any atom is 0.304 e. The number of carboxylic acid groups (broad SMARTS) is 1. The third-order valence-electron chi connectivity index (χ3n) is 2.46. The van der Waals surface area contributed by atoms with E-state index in [9.17, 15) is 17.6 Å². The smallest absolute Gasteiger partial charge is 0.304 e. The minimum atomic E-state index is -4.09. The number of carbonyl (C=O) groups is 1. The molecule has 0 amide bonds. The molecule has 0 saturated heterocycles. The first-order valence-electron chi connectivity index (χ1n) is 5.46. The molecule has 0 atom stereocenters. The van der Waals surface area contributed by atoms with Gasteiger partial charge in [-0.2, -0.15) is 4.31 Å². The molecule has 0 aromatic heterocycles. The number of halogens is 2. The maximum absolute atomic E-state index is 13.7. The fourth-order valence-electron chi connectivity index (χ4n) is 1.49. The van der Waals surface area contributed by atoms with Gasteiger partial charge in [-0.25, -0.2) is 12.8 Å². The normalized spacial score (nSPS) is 11.8. The molecular formula is C11H13ClFNO4S. The van der Waals surface area contributed by atoms with Crippen LogP contribution in [0.4, 0.5) is 4.39 Å². The third-order valence-corrected chi connectivity index (χ3v) is 4.75. The van der Waals surface area contributed by atoms with E-state index in [-0.39, 0.29) is 24.5 Å². The second kappa shape index (κ2) is 6.31. The van der Waals surface area contributed by atoms with Crippen LogP contribution in [0.5, 0.6) is 0 Å². The van der Waals surface area contributed by atoms with Gasteiger partial charge in [0.05, 0.1) is 11.4 Å². The van der Waals surface area contributed by atoms with E-state index in [0.717, 1.165) is 10.4 Å². The van der Waals surface area contributed by atoms with Crippen LogP contribution in [0.15, 0.2) is 23.1 Å². The van der Waals surface area contributed by atoms with Gasteiger partial charge in [-0.15, -0.1) is 0 Å². The Morgan fingerprint density at radius 3 is 2.63 bits per heavy atom. The van der Waals surface area contributed by atoms with Gasteiger partial charge < -0.3 is 5.11 Å². The molecule has 0 saturated carbocycles. The second-order valence-electron chi connectivity index (χ2n) is 3.69. The molecule has 0 spiro atoms. The van der Waals surface area contributed by atoms with E-state index in [1.54, 1.807) is 6.92 Å². The summed E-state index contributed by atoms with van der Waals surface area (Å²) in [6.07, 6.45) is -0.352. The Bertz CT molecular complexity index is 576. The molecule has 0 radical (unpaired) electrons. The standard InChI is InChI=1S/C11H13ClFNO4S/c1-2-14(7-6-10(15)16)19(17,18)9-5-3-4-8(12)11(9)13/h3-5H,2,6-7H2,1H3,(H,15,16). The lowest BCUT2D eigenvalue weighted by Gasteiger charge is -2.20. The van der Waals surface area contributed by atoms with Crippen molar-refractivity contribution in [2.24, 2.45) is 0 Å². The highest BCUT2D eigenvalue weighted by Gasteiger charge is 2.27. The summed E-state index contributed by atoms with van der Waals surface area (Å²) in [7, 11) is -4.09. The van der Waals surface area contributed by atoms with E-state index >= 15 is 0 Å². The van der Waals surface area contributed by atoms with Crippen LogP contribution in [0.2, 0.25) is 5.02 Å². The van der Waals surface area contributed by atoms with Crippen molar-refractivity contribution in [2.45, 2.75) is 18.2 Å². The van der Waals surface area contributed by atoms with Crippen LogP contribution in [0.25, 0.3) is 0 Å². The summed E-state index contributed by atoms with van der Waals surface area (Å²) < 4.78 is 39.0. The summed E-state index contributed by atoms with van der Waals surface area (Å²) >= 11 is 5.54. The Balaban J connectivity index is 3.13. The van der Waals surface area contributed by atoms with Crippen LogP contribution in [0.3, 0.4) is 0 Å². The molecule has 1 aromatic carbocycles. The SMILES string of the molecule is CCN(CCC(=O)O)S(=O)(=O)c1cccc(Cl)c1F. The number of hydrogen-bond acceptors (Lipinski definition) is 3. The van der Waals surface area contributed by atoms with Crippen molar-refractivity contribution < 1.29 is 22.7 Å². The fourth-order valence-corrected chi connectivity index (χ4v) is 3.26. The summed E-state index contributed by atoms with van der Waals surface area (Å²) in [5, 5.41) is 8.28. The van der Waals surface area contributed by atoms with E-state index in [1.807, 2.05) is 0 Å². The quantitative estimate of drug-likeness (QED) is 0.871. The average molecular weight is 310 g/mol. The number of benzene rings is 1. The minimum absolute atomic E-state index is 0.0432. The van der Waals surface area contributed by atoms with Crippen LogP contribution < -0.4 is 0 Å². The average Bonchev–Trinajstić information content (AvgIpc) is 2.32. The van der Waals surface area contributed by atoms with Gasteiger partial charge in [0.25, 0.3) is 0 Å². The highest BCUT2D eigenvalue weighted by atomic mass is 35.5. The lowest BCUT2D eigenvalue weighted by atomic mass is 10.3. The molecule has 5 nitrogen and oxygen atoms in total. The Morgan fingerprint density at radius 2 is 2.11 bits per heavy atom. The predicted molar refractivity (Wildman–Crippen MR) is 68.1 cm³/mol. The van der Waals surface area contributed by atoms with Gasteiger partial charge in [-0.1, -0.05) is 24.6 Å². The summed E-state index contributed by atoms with van der Waals surface area (Å²) in [5.41, 5.74) is 0. The third kappa shape index (κ3) is 3.65. The maximum atomic E-state index is 13.7.